The van der Waals surface area contributed by atoms with Gasteiger partial charge in [-0.15, -0.1) is 0 Å². The fourth-order valence-corrected chi connectivity index (χ4v) is 3.26. The van der Waals surface area contributed by atoms with Crippen LogP contribution in [0.5, 0.6) is 0 Å². The van der Waals surface area contributed by atoms with Crippen LogP contribution in [0.3, 0.4) is 0 Å². The molecule has 1 aliphatic rings. The Kier molecular flexibility index (Phi) is 6.06. The molecule has 1 N–H and O–H groups in total. The van der Waals surface area contributed by atoms with Crippen LogP contribution in [0.2, 0.25) is 0 Å². The Morgan fingerprint density at radius 2 is 2.04 bits per heavy atom. The van der Waals surface area contributed by atoms with Crippen molar-refractivity contribution in [2.24, 2.45) is 5.92 Å². The maximum atomic E-state index is 12.6. The molecular formula is C21H25N3O3. The number of pyridine rings is 1. The molecule has 6 nitrogen and oxygen atoms in total. The van der Waals surface area contributed by atoms with E-state index in [1.54, 1.807) is 37.4 Å². The van der Waals surface area contributed by atoms with E-state index in [4.69, 9.17) is 4.74 Å². The minimum Gasteiger partial charge on any atom is -0.462 e. The SMILES string of the molecule is CCOC(=O)c1ccc(NC(=O)c2cc(N3CCCC(C)C3)ccn2)cc1. The molecule has 1 amide bonds. The second kappa shape index (κ2) is 8.66. The summed E-state index contributed by atoms with van der Waals surface area (Å²) >= 11 is 0. The molecule has 2 heterocycles. The van der Waals surface area contributed by atoms with E-state index in [0.29, 0.717) is 29.5 Å². The molecule has 1 aromatic carbocycles. The maximum absolute atomic E-state index is 12.6. The Bertz CT molecular complexity index is 805. The number of esters is 1. The summed E-state index contributed by atoms with van der Waals surface area (Å²) in [6.45, 7) is 6.35. The lowest BCUT2D eigenvalue weighted by Crippen LogP contribution is -2.34. The van der Waals surface area contributed by atoms with Crippen molar-refractivity contribution in [1.82, 2.24) is 4.98 Å². The summed E-state index contributed by atoms with van der Waals surface area (Å²) in [5.41, 5.74) is 2.46. The smallest absolute Gasteiger partial charge is 0.338 e. The predicted molar refractivity (Wildman–Crippen MR) is 105 cm³/mol. The number of ether oxygens (including phenoxy) is 1. The summed E-state index contributed by atoms with van der Waals surface area (Å²) < 4.78 is 4.96. The lowest BCUT2D eigenvalue weighted by molar-refractivity contribution is 0.0526. The van der Waals surface area contributed by atoms with Crippen LogP contribution in [-0.2, 0) is 4.74 Å². The molecule has 2 aromatic rings. The maximum Gasteiger partial charge on any atom is 0.338 e. The van der Waals surface area contributed by atoms with Gasteiger partial charge in [0.2, 0.25) is 0 Å². The normalized spacial score (nSPS) is 16.7. The fourth-order valence-electron chi connectivity index (χ4n) is 3.26. The van der Waals surface area contributed by atoms with Crippen LogP contribution in [0.1, 0.15) is 47.5 Å². The number of hydrogen-bond donors (Lipinski definition) is 1. The lowest BCUT2D eigenvalue weighted by atomic mass is 10.00. The van der Waals surface area contributed by atoms with Crippen LogP contribution < -0.4 is 10.2 Å². The molecular weight excluding hydrogens is 342 g/mol. The quantitative estimate of drug-likeness (QED) is 0.815. The van der Waals surface area contributed by atoms with Gasteiger partial charge in [-0.2, -0.15) is 0 Å². The molecule has 1 fully saturated rings. The van der Waals surface area contributed by atoms with Crippen molar-refractivity contribution in [2.45, 2.75) is 26.7 Å². The first kappa shape index (κ1) is 18.9. The average Bonchev–Trinajstić information content (AvgIpc) is 2.69. The number of anilines is 2. The van der Waals surface area contributed by atoms with E-state index in [-0.39, 0.29) is 11.9 Å². The minimum absolute atomic E-state index is 0.272. The second-order valence-electron chi connectivity index (χ2n) is 6.84. The molecule has 6 heteroatoms. The number of aromatic nitrogens is 1. The van der Waals surface area contributed by atoms with Gasteiger partial charge in [-0.1, -0.05) is 6.92 Å². The van der Waals surface area contributed by atoms with E-state index in [1.807, 2.05) is 12.1 Å². The van der Waals surface area contributed by atoms with Gasteiger partial charge in [-0.05, 0) is 62.1 Å². The van der Waals surface area contributed by atoms with Gasteiger partial charge in [0.05, 0.1) is 12.2 Å². The summed E-state index contributed by atoms with van der Waals surface area (Å²) in [5, 5.41) is 2.82. The Morgan fingerprint density at radius 3 is 2.74 bits per heavy atom. The van der Waals surface area contributed by atoms with Gasteiger partial charge in [0.1, 0.15) is 5.69 Å². The van der Waals surface area contributed by atoms with Gasteiger partial charge in [0, 0.05) is 30.7 Å². The summed E-state index contributed by atoms with van der Waals surface area (Å²) in [5.74, 6) is 0.00778. The van der Waals surface area contributed by atoms with Gasteiger partial charge in [-0.25, -0.2) is 4.79 Å². The summed E-state index contributed by atoms with van der Waals surface area (Å²) in [7, 11) is 0. The highest BCUT2D eigenvalue weighted by Crippen LogP contribution is 2.23. The van der Waals surface area contributed by atoms with Crippen molar-refractivity contribution in [2.75, 3.05) is 29.9 Å². The number of nitrogens with one attached hydrogen (secondary N) is 1. The molecule has 1 aliphatic heterocycles. The molecule has 1 unspecified atom stereocenters. The number of benzene rings is 1. The molecule has 0 radical (unpaired) electrons. The Balaban J connectivity index is 1.67. The van der Waals surface area contributed by atoms with E-state index in [2.05, 4.69) is 22.1 Å². The Morgan fingerprint density at radius 1 is 1.26 bits per heavy atom. The fraction of sp³-hybridized carbons (Fsp3) is 0.381. The average molecular weight is 367 g/mol. The van der Waals surface area contributed by atoms with Crippen molar-refractivity contribution in [3.63, 3.8) is 0 Å². The molecule has 0 bridgehead atoms. The lowest BCUT2D eigenvalue weighted by Gasteiger charge is -2.32. The third kappa shape index (κ3) is 4.84. The topological polar surface area (TPSA) is 71.5 Å². The number of hydrogen-bond acceptors (Lipinski definition) is 5. The van der Waals surface area contributed by atoms with Crippen molar-refractivity contribution < 1.29 is 14.3 Å². The second-order valence-corrected chi connectivity index (χ2v) is 6.84. The molecule has 142 valence electrons. The number of amides is 1. The van der Waals surface area contributed by atoms with Crippen LogP contribution >= 0.6 is 0 Å². The third-order valence-electron chi connectivity index (χ3n) is 4.65. The minimum atomic E-state index is -0.375. The van der Waals surface area contributed by atoms with Crippen molar-refractivity contribution in [3.05, 3.63) is 53.9 Å². The summed E-state index contributed by atoms with van der Waals surface area (Å²) in [6.07, 6.45) is 4.09. The third-order valence-corrected chi connectivity index (χ3v) is 4.65. The molecule has 0 spiro atoms. The first-order chi connectivity index (χ1) is 13.1. The highest BCUT2D eigenvalue weighted by molar-refractivity contribution is 6.03. The number of piperidine rings is 1. The zero-order valence-electron chi connectivity index (χ0n) is 15.8. The summed E-state index contributed by atoms with van der Waals surface area (Å²) in [6, 6.07) is 10.4. The van der Waals surface area contributed by atoms with Crippen molar-refractivity contribution >= 4 is 23.3 Å². The van der Waals surface area contributed by atoms with Gasteiger partial charge in [0.15, 0.2) is 0 Å². The molecule has 1 aromatic heterocycles. The van der Waals surface area contributed by atoms with E-state index in [1.165, 1.54) is 6.42 Å². The van der Waals surface area contributed by atoms with Crippen molar-refractivity contribution in [3.8, 4) is 0 Å². The molecule has 1 saturated heterocycles. The monoisotopic (exact) mass is 367 g/mol. The molecule has 0 saturated carbocycles. The Hall–Kier alpha value is -2.89. The van der Waals surface area contributed by atoms with Crippen LogP contribution in [0.4, 0.5) is 11.4 Å². The van der Waals surface area contributed by atoms with Gasteiger partial charge in [0.25, 0.3) is 5.91 Å². The van der Waals surface area contributed by atoms with Crippen LogP contribution in [0.15, 0.2) is 42.6 Å². The van der Waals surface area contributed by atoms with Crippen LogP contribution in [-0.4, -0.2) is 36.6 Å². The van der Waals surface area contributed by atoms with E-state index >= 15 is 0 Å². The highest BCUT2D eigenvalue weighted by Gasteiger charge is 2.18. The first-order valence-electron chi connectivity index (χ1n) is 9.36. The molecule has 1 atom stereocenters. The first-order valence-corrected chi connectivity index (χ1v) is 9.36. The van der Waals surface area contributed by atoms with E-state index in [0.717, 1.165) is 25.2 Å². The summed E-state index contributed by atoms with van der Waals surface area (Å²) in [4.78, 5) is 30.8. The van der Waals surface area contributed by atoms with Crippen LogP contribution in [0.25, 0.3) is 0 Å². The largest absolute Gasteiger partial charge is 0.462 e. The van der Waals surface area contributed by atoms with E-state index < -0.39 is 0 Å². The van der Waals surface area contributed by atoms with E-state index in [9.17, 15) is 9.59 Å². The number of carbonyl (C=O) groups excluding carboxylic acids is 2. The van der Waals surface area contributed by atoms with Gasteiger partial charge >= 0.3 is 5.97 Å². The van der Waals surface area contributed by atoms with Crippen LogP contribution in [0, 0.1) is 5.92 Å². The zero-order valence-corrected chi connectivity index (χ0v) is 15.8. The Labute approximate surface area is 159 Å². The van der Waals surface area contributed by atoms with Crippen molar-refractivity contribution in [1.29, 1.82) is 0 Å². The zero-order chi connectivity index (χ0) is 19.2. The molecule has 0 aliphatic carbocycles. The number of nitrogens with zero attached hydrogens (tertiary/aromatic N) is 2. The highest BCUT2D eigenvalue weighted by atomic mass is 16.5. The molecule has 3 rings (SSSR count). The molecule has 27 heavy (non-hydrogen) atoms. The predicted octanol–water partition coefficient (Wildman–Crippen LogP) is 3.75. The number of carbonyl (C=O) groups is 2. The van der Waals surface area contributed by atoms with Gasteiger partial charge < -0.3 is 15.0 Å². The van der Waals surface area contributed by atoms with Gasteiger partial charge in [-0.3, -0.25) is 9.78 Å². The standard InChI is InChI=1S/C21H25N3O3/c1-3-27-21(26)16-6-8-17(9-7-16)23-20(25)19-13-18(10-11-22-19)24-12-4-5-15(2)14-24/h6-11,13,15H,3-5,12,14H2,1-2H3,(H,23,25). The number of rotatable bonds is 5.